The minimum Gasteiger partial charge on any atom is -0.492 e. The van der Waals surface area contributed by atoms with Gasteiger partial charge in [-0.1, -0.05) is 28.9 Å². The molecular weight excluding hydrogens is 318 g/mol. The molecule has 0 radical (unpaired) electrons. The summed E-state index contributed by atoms with van der Waals surface area (Å²) in [6.45, 7) is 5.37. The van der Waals surface area contributed by atoms with Gasteiger partial charge < -0.3 is 10.1 Å². The van der Waals surface area contributed by atoms with Crippen molar-refractivity contribution in [3.05, 3.63) is 46.7 Å². The first kappa shape index (κ1) is 15.1. The smallest absolute Gasteiger partial charge is 0.120 e. The number of hydrogen-bond acceptors (Lipinski definition) is 3. The van der Waals surface area contributed by atoms with Gasteiger partial charge in [0.1, 0.15) is 12.4 Å². The minimum atomic E-state index is 0.611. The molecule has 108 valence electrons. The zero-order valence-electron chi connectivity index (χ0n) is 11.7. The first-order chi connectivity index (χ1) is 9.78. The van der Waals surface area contributed by atoms with Crippen LogP contribution < -0.4 is 10.1 Å². The summed E-state index contributed by atoms with van der Waals surface area (Å²) < 4.78 is 8.64. The van der Waals surface area contributed by atoms with Gasteiger partial charge in [-0.3, -0.25) is 4.68 Å². The van der Waals surface area contributed by atoms with Crippen molar-refractivity contribution < 1.29 is 4.74 Å². The van der Waals surface area contributed by atoms with Crippen LogP contribution in [0.2, 0.25) is 0 Å². The quantitative estimate of drug-likeness (QED) is 0.751. The van der Waals surface area contributed by atoms with Gasteiger partial charge in [-0.25, -0.2) is 0 Å². The van der Waals surface area contributed by atoms with Crippen molar-refractivity contribution in [3.63, 3.8) is 0 Å². The lowest BCUT2D eigenvalue weighted by atomic mass is 10.3. The van der Waals surface area contributed by atoms with Crippen LogP contribution in [0.1, 0.15) is 19.0 Å². The summed E-state index contributed by atoms with van der Waals surface area (Å²) in [6.07, 6.45) is 3.13. The molecule has 4 nitrogen and oxygen atoms in total. The molecule has 20 heavy (non-hydrogen) atoms. The Bertz CT molecular complexity index is 527. The number of hydrogen-bond donors (Lipinski definition) is 1. The highest BCUT2D eigenvalue weighted by Crippen LogP contribution is 2.17. The molecule has 0 atom stereocenters. The maximum absolute atomic E-state index is 5.69. The van der Waals surface area contributed by atoms with Crippen molar-refractivity contribution in [2.24, 2.45) is 0 Å². The van der Waals surface area contributed by atoms with Crippen LogP contribution in [0.3, 0.4) is 0 Å². The fraction of sp³-hybridized carbons (Fsp3) is 0.400. The number of nitrogens with zero attached hydrogens (tertiary/aromatic N) is 2. The monoisotopic (exact) mass is 337 g/mol. The van der Waals surface area contributed by atoms with Crippen LogP contribution in [0.5, 0.6) is 5.75 Å². The number of benzene rings is 1. The molecule has 1 aromatic heterocycles. The van der Waals surface area contributed by atoms with E-state index in [2.05, 4.69) is 33.3 Å². The Balaban J connectivity index is 1.74. The molecule has 0 unspecified atom stereocenters. The zero-order chi connectivity index (χ0) is 14.2. The first-order valence-electron chi connectivity index (χ1n) is 6.89. The minimum absolute atomic E-state index is 0.611. The maximum Gasteiger partial charge on any atom is 0.120 e. The summed E-state index contributed by atoms with van der Waals surface area (Å²) in [6, 6.07) is 9.90. The summed E-state index contributed by atoms with van der Waals surface area (Å²) in [4.78, 5) is 0. The average molecular weight is 338 g/mol. The van der Waals surface area contributed by atoms with Gasteiger partial charge in [0, 0.05) is 17.2 Å². The highest BCUT2D eigenvalue weighted by atomic mass is 79.9. The molecule has 0 bridgehead atoms. The van der Waals surface area contributed by atoms with Crippen LogP contribution in [0.4, 0.5) is 0 Å². The van der Waals surface area contributed by atoms with E-state index in [-0.39, 0.29) is 0 Å². The molecule has 1 N–H and O–H groups in total. The van der Waals surface area contributed by atoms with Crippen LogP contribution in [0.25, 0.3) is 0 Å². The molecule has 0 aliphatic heterocycles. The Morgan fingerprint density at radius 3 is 3.05 bits per heavy atom. The third-order valence-electron chi connectivity index (χ3n) is 2.81. The average Bonchev–Trinajstić information content (AvgIpc) is 2.87. The lowest BCUT2D eigenvalue weighted by Gasteiger charge is -2.06. The molecule has 0 spiro atoms. The highest BCUT2D eigenvalue weighted by molar-refractivity contribution is 9.10. The summed E-state index contributed by atoms with van der Waals surface area (Å²) >= 11 is 3.43. The number of nitrogens with one attached hydrogen (secondary N) is 1. The molecule has 0 fully saturated rings. The number of aromatic nitrogens is 2. The molecule has 1 heterocycles. The predicted octanol–water partition coefficient (Wildman–Crippen LogP) is 3.22. The Kier molecular flexibility index (Phi) is 6.08. The predicted molar refractivity (Wildman–Crippen MR) is 83.9 cm³/mol. The van der Waals surface area contributed by atoms with Gasteiger partial charge in [0.15, 0.2) is 0 Å². The molecule has 2 rings (SSSR count). The highest BCUT2D eigenvalue weighted by Gasteiger charge is 1.99. The Morgan fingerprint density at radius 2 is 2.25 bits per heavy atom. The van der Waals surface area contributed by atoms with Crippen molar-refractivity contribution >= 4 is 15.9 Å². The Hall–Kier alpha value is -1.33. The topological polar surface area (TPSA) is 39.1 Å². The second-order valence-corrected chi connectivity index (χ2v) is 5.47. The van der Waals surface area contributed by atoms with Crippen LogP contribution in [-0.4, -0.2) is 22.9 Å². The van der Waals surface area contributed by atoms with Crippen molar-refractivity contribution in [1.29, 1.82) is 0 Å². The number of rotatable bonds is 8. The van der Waals surface area contributed by atoms with E-state index in [1.807, 2.05) is 41.2 Å². The van der Waals surface area contributed by atoms with E-state index in [0.717, 1.165) is 42.0 Å². The van der Waals surface area contributed by atoms with Crippen LogP contribution in [0.15, 0.2) is 41.0 Å². The van der Waals surface area contributed by atoms with Gasteiger partial charge in [-0.15, -0.1) is 0 Å². The number of halogens is 1. The largest absolute Gasteiger partial charge is 0.492 e. The summed E-state index contributed by atoms with van der Waals surface area (Å²) in [5.41, 5.74) is 1.07. The standard InChI is InChI=1S/C15H20BrN3O/c1-2-7-17-12-14-6-8-19(18-14)9-10-20-15-5-3-4-13(16)11-15/h3-6,8,11,17H,2,7,9-10,12H2,1H3. The normalized spacial score (nSPS) is 10.7. The summed E-state index contributed by atoms with van der Waals surface area (Å²) in [5.74, 6) is 0.872. The van der Waals surface area contributed by atoms with Crippen LogP contribution >= 0.6 is 15.9 Å². The van der Waals surface area contributed by atoms with Gasteiger partial charge in [-0.05, 0) is 37.2 Å². The molecule has 0 aliphatic rings. The lowest BCUT2D eigenvalue weighted by Crippen LogP contribution is -2.15. The van der Waals surface area contributed by atoms with E-state index >= 15 is 0 Å². The van der Waals surface area contributed by atoms with E-state index in [1.54, 1.807) is 0 Å². The molecule has 0 saturated carbocycles. The molecule has 2 aromatic rings. The lowest BCUT2D eigenvalue weighted by molar-refractivity contribution is 0.290. The van der Waals surface area contributed by atoms with Crippen molar-refractivity contribution in [3.8, 4) is 5.75 Å². The van der Waals surface area contributed by atoms with Crippen molar-refractivity contribution in [2.45, 2.75) is 26.4 Å². The third kappa shape index (κ3) is 4.98. The molecule has 0 amide bonds. The first-order valence-corrected chi connectivity index (χ1v) is 7.68. The van der Waals surface area contributed by atoms with E-state index in [9.17, 15) is 0 Å². The summed E-state index contributed by atoms with van der Waals surface area (Å²) in [7, 11) is 0. The van der Waals surface area contributed by atoms with Crippen LogP contribution in [-0.2, 0) is 13.1 Å². The number of ether oxygens (including phenoxy) is 1. The van der Waals surface area contributed by atoms with Crippen molar-refractivity contribution in [2.75, 3.05) is 13.2 Å². The third-order valence-corrected chi connectivity index (χ3v) is 3.31. The van der Waals surface area contributed by atoms with Crippen LogP contribution in [0, 0.1) is 0 Å². The molecule has 1 aromatic carbocycles. The molecule has 0 aliphatic carbocycles. The van der Waals surface area contributed by atoms with Gasteiger partial charge >= 0.3 is 0 Å². The SMILES string of the molecule is CCCNCc1ccn(CCOc2cccc(Br)c2)n1. The van der Waals surface area contributed by atoms with Gasteiger partial charge in [0.05, 0.1) is 12.2 Å². The zero-order valence-corrected chi connectivity index (χ0v) is 13.3. The second kappa shape index (κ2) is 8.07. The van der Waals surface area contributed by atoms with Crippen molar-refractivity contribution in [1.82, 2.24) is 15.1 Å². The fourth-order valence-corrected chi connectivity index (χ4v) is 2.21. The second-order valence-electron chi connectivity index (χ2n) is 4.55. The Morgan fingerprint density at radius 1 is 1.35 bits per heavy atom. The molecule has 5 heteroatoms. The van der Waals surface area contributed by atoms with E-state index in [4.69, 9.17) is 4.74 Å². The van der Waals surface area contributed by atoms with Gasteiger partial charge in [0.2, 0.25) is 0 Å². The maximum atomic E-state index is 5.69. The molecular formula is C15H20BrN3O. The van der Waals surface area contributed by atoms with Gasteiger partial charge in [0.25, 0.3) is 0 Å². The fourth-order valence-electron chi connectivity index (χ4n) is 1.83. The van der Waals surface area contributed by atoms with E-state index in [1.165, 1.54) is 0 Å². The van der Waals surface area contributed by atoms with E-state index < -0.39 is 0 Å². The van der Waals surface area contributed by atoms with E-state index in [0.29, 0.717) is 6.61 Å². The van der Waals surface area contributed by atoms with Gasteiger partial charge in [-0.2, -0.15) is 5.10 Å². The molecule has 0 saturated heterocycles. The Labute approximate surface area is 128 Å². The summed E-state index contributed by atoms with van der Waals surface area (Å²) in [5, 5.41) is 7.84.